The molecule has 0 atom stereocenters. The number of benzene rings is 1. The molecule has 0 fully saturated rings. The van der Waals surface area contributed by atoms with E-state index in [-0.39, 0.29) is 46.2 Å². The molecule has 0 amide bonds. The predicted octanol–water partition coefficient (Wildman–Crippen LogP) is 4.38. The van der Waals surface area contributed by atoms with Gasteiger partial charge >= 0.3 is 5.97 Å². The number of hydrogen-bond acceptors (Lipinski definition) is 4. The standard InChI is InChI=1S/C18H28O5S.Na/c1-2-3-4-5-6-7-8-9-10-11-18(19)23-16-12-14-17(15-13-16)24(20,21)22;/h12-15H,2-11H2,1H3,(H,20,21,22);. The van der Waals surface area contributed by atoms with Gasteiger partial charge in [-0.3, -0.25) is 9.35 Å². The van der Waals surface area contributed by atoms with Crippen LogP contribution in [0.2, 0.25) is 0 Å². The van der Waals surface area contributed by atoms with Gasteiger partial charge in [-0.25, -0.2) is 0 Å². The molecule has 0 saturated heterocycles. The summed E-state index contributed by atoms with van der Waals surface area (Å²) in [6, 6.07) is 5.13. The average Bonchev–Trinajstić information content (AvgIpc) is 2.53. The molecule has 0 aliphatic carbocycles. The predicted molar refractivity (Wildman–Crippen MR) is 99.5 cm³/mol. The number of unbranched alkanes of at least 4 members (excludes halogenated alkanes) is 8. The monoisotopic (exact) mass is 379 g/mol. The normalized spacial score (nSPS) is 11.0. The van der Waals surface area contributed by atoms with Gasteiger partial charge in [0.1, 0.15) is 5.75 Å². The van der Waals surface area contributed by atoms with Crippen molar-refractivity contribution >= 4 is 45.6 Å². The van der Waals surface area contributed by atoms with Crippen molar-refractivity contribution in [1.29, 1.82) is 0 Å². The minimum atomic E-state index is -4.22. The summed E-state index contributed by atoms with van der Waals surface area (Å²) < 4.78 is 35.8. The van der Waals surface area contributed by atoms with Crippen LogP contribution in [0.5, 0.6) is 5.75 Å². The number of carbonyl (C=O) groups excluding carboxylic acids is 1. The average molecular weight is 379 g/mol. The van der Waals surface area contributed by atoms with Crippen molar-refractivity contribution < 1.29 is 22.5 Å². The fraction of sp³-hybridized carbons (Fsp3) is 0.611. The summed E-state index contributed by atoms with van der Waals surface area (Å²) >= 11 is 0. The molecule has 1 aromatic carbocycles. The largest absolute Gasteiger partial charge is 0.427 e. The Hall–Kier alpha value is -0.400. The second-order valence-corrected chi connectivity index (χ2v) is 7.42. The summed E-state index contributed by atoms with van der Waals surface area (Å²) in [6.45, 7) is 2.21. The summed E-state index contributed by atoms with van der Waals surface area (Å²) in [7, 11) is -4.22. The van der Waals surface area contributed by atoms with Gasteiger partial charge in [-0.1, -0.05) is 58.3 Å². The number of carbonyl (C=O) groups is 1. The quantitative estimate of drug-likeness (QED) is 0.192. The second-order valence-electron chi connectivity index (χ2n) is 6.00. The SMILES string of the molecule is CCCCCCCCCCCC(=O)Oc1ccc(S(=O)(=O)O)cc1.[Na]. The van der Waals surface area contributed by atoms with Crippen molar-refractivity contribution in [1.82, 2.24) is 0 Å². The molecule has 1 N–H and O–H groups in total. The molecule has 25 heavy (non-hydrogen) atoms. The zero-order valence-electron chi connectivity index (χ0n) is 15.4. The molecule has 1 radical (unpaired) electrons. The van der Waals surface area contributed by atoms with Gasteiger partial charge < -0.3 is 4.74 Å². The maximum Gasteiger partial charge on any atom is 0.311 e. The van der Waals surface area contributed by atoms with E-state index in [1.54, 1.807) is 0 Å². The smallest absolute Gasteiger partial charge is 0.311 e. The van der Waals surface area contributed by atoms with E-state index in [1.807, 2.05) is 0 Å². The number of hydrogen-bond donors (Lipinski definition) is 1. The van der Waals surface area contributed by atoms with Crippen molar-refractivity contribution in [3.63, 3.8) is 0 Å². The number of ether oxygens (including phenoxy) is 1. The van der Waals surface area contributed by atoms with Crippen LogP contribution in [0, 0.1) is 0 Å². The minimum absolute atomic E-state index is 0. The Labute approximate surface area is 173 Å². The van der Waals surface area contributed by atoms with Gasteiger partial charge in [0.2, 0.25) is 0 Å². The molecule has 0 heterocycles. The van der Waals surface area contributed by atoms with Gasteiger partial charge in [0.15, 0.2) is 0 Å². The van der Waals surface area contributed by atoms with Crippen LogP contribution in [-0.4, -0.2) is 48.5 Å². The molecule has 0 aliphatic rings. The zero-order chi connectivity index (χ0) is 17.8. The third kappa shape index (κ3) is 11.8. The summed E-state index contributed by atoms with van der Waals surface area (Å²) in [6.07, 6.45) is 11.0. The van der Waals surface area contributed by atoms with E-state index in [9.17, 15) is 13.2 Å². The van der Waals surface area contributed by atoms with Crippen molar-refractivity contribution in [2.24, 2.45) is 0 Å². The Morgan fingerprint density at radius 2 is 1.40 bits per heavy atom. The molecule has 7 heteroatoms. The number of esters is 1. The molecule has 0 unspecified atom stereocenters. The molecular weight excluding hydrogens is 351 g/mol. The van der Waals surface area contributed by atoms with Crippen LogP contribution in [-0.2, 0) is 14.9 Å². The van der Waals surface area contributed by atoms with Crippen LogP contribution in [0.25, 0.3) is 0 Å². The Kier molecular flexibility index (Phi) is 13.5. The summed E-state index contributed by atoms with van der Waals surface area (Å²) in [4.78, 5) is 11.5. The van der Waals surface area contributed by atoms with Gasteiger partial charge in [0.25, 0.3) is 10.1 Å². The van der Waals surface area contributed by atoms with Gasteiger partial charge in [-0.2, -0.15) is 8.42 Å². The van der Waals surface area contributed by atoms with E-state index in [1.165, 1.54) is 62.8 Å². The molecule has 0 aliphatic heterocycles. The molecular formula is C18H28NaO5S. The topological polar surface area (TPSA) is 80.7 Å². The first-order chi connectivity index (χ1) is 11.4. The van der Waals surface area contributed by atoms with Gasteiger partial charge in [0, 0.05) is 36.0 Å². The molecule has 137 valence electrons. The molecule has 1 aromatic rings. The van der Waals surface area contributed by atoms with Crippen LogP contribution in [0.1, 0.15) is 71.1 Å². The summed E-state index contributed by atoms with van der Waals surface area (Å²) in [5.74, 6) is -0.0409. The fourth-order valence-corrected chi connectivity index (χ4v) is 2.92. The molecule has 0 saturated carbocycles. The van der Waals surface area contributed by atoms with E-state index in [4.69, 9.17) is 9.29 Å². The van der Waals surface area contributed by atoms with Crippen molar-refractivity contribution in [3.05, 3.63) is 24.3 Å². The molecule has 0 aromatic heterocycles. The van der Waals surface area contributed by atoms with E-state index < -0.39 is 10.1 Å². The Balaban J connectivity index is 0.00000576. The van der Waals surface area contributed by atoms with Crippen LogP contribution >= 0.6 is 0 Å². The van der Waals surface area contributed by atoms with Crippen molar-refractivity contribution in [2.45, 2.75) is 76.0 Å². The maximum absolute atomic E-state index is 11.7. The van der Waals surface area contributed by atoms with Crippen molar-refractivity contribution in [3.8, 4) is 5.75 Å². The first-order valence-corrected chi connectivity index (χ1v) is 10.2. The third-order valence-corrected chi connectivity index (χ3v) is 4.71. The van der Waals surface area contributed by atoms with E-state index in [0.29, 0.717) is 6.42 Å². The Morgan fingerprint density at radius 1 is 0.920 bits per heavy atom. The van der Waals surface area contributed by atoms with E-state index >= 15 is 0 Å². The first-order valence-electron chi connectivity index (χ1n) is 8.71. The number of rotatable bonds is 12. The van der Waals surface area contributed by atoms with Gasteiger partial charge in [-0.05, 0) is 30.7 Å². The maximum atomic E-state index is 11.7. The van der Waals surface area contributed by atoms with E-state index in [2.05, 4.69) is 6.92 Å². The summed E-state index contributed by atoms with van der Waals surface area (Å²) in [5.41, 5.74) is 0. The van der Waals surface area contributed by atoms with Gasteiger partial charge in [0.05, 0.1) is 4.90 Å². The van der Waals surface area contributed by atoms with Crippen LogP contribution in [0.3, 0.4) is 0 Å². The Morgan fingerprint density at radius 3 is 1.88 bits per heavy atom. The molecule has 0 spiro atoms. The van der Waals surface area contributed by atoms with Crippen LogP contribution in [0.4, 0.5) is 0 Å². The first kappa shape index (κ1) is 24.6. The zero-order valence-corrected chi connectivity index (χ0v) is 18.2. The third-order valence-electron chi connectivity index (χ3n) is 3.84. The minimum Gasteiger partial charge on any atom is -0.427 e. The van der Waals surface area contributed by atoms with Crippen molar-refractivity contribution in [2.75, 3.05) is 0 Å². The molecule has 0 bridgehead atoms. The van der Waals surface area contributed by atoms with E-state index in [0.717, 1.165) is 19.3 Å². The molecule has 1 rings (SSSR count). The Bertz CT molecular complexity index is 584. The fourth-order valence-electron chi connectivity index (χ4n) is 2.44. The summed E-state index contributed by atoms with van der Waals surface area (Å²) in [5, 5.41) is 0. The second kappa shape index (κ2) is 13.8. The van der Waals surface area contributed by atoms with Crippen LogP contribution in [0.15, 0.2) is 29.2 Å². The molecule has 5 nitrogen and oxygen atoms in total. The van der Waals surface area contributed by atoms with Crippen LogP contribution < -0.4 is 4.74 Å². The van der Waals surface area contributed by atoms with Gasteiger partial charge in [-0.15, -0.1) is 0 Å².